The SMILES string of the molecule is CCCNCCCCCCNC1CC1. The zero-order valence-electron chi connectivity index (χ0n) is 9.65. The van der Waals surface area contributed by atoms with Gasteiger partial charge < -0.3 is 10.6 Å². The molecule has 0 unspecified atom stereocenters. The standard InChI is InChI=1S/C12H26N2/c1-2-9-13-10-5-3-4-6-11-14-12-7-8-12/h12-14H,2-11H2,1H3. The molecule has 0 atom stereocenters. The van der Waals surface area contributed by atoms with E-state index in [-0.39, 0.29) is 0 Å². The zero-order valence-corrected chi connectivity index (χ0v) is 9.65. The van der Waals surface area contributed by atoms with Gasteiger partial charge in [-0.15, -0.1) is 0 Å². The smallest absolute Gasteiger partial charge is 0.00682 e. The van der Waals surface area contributed by atoms with Gasteiger partial charge in [0.05, 0.1) is 0 Å². The summed E-state index contributed by atoms with van der Waals surface area (Å²) in [6, 6.07) is 0.890. The molecular weight excluding hydrogens is 172 g/mol. The lowest BCUT2D eigenvalue weighted by Crippen LogP contribution is -2.18. The topological polar surface area (TPSA) is 24.1 Å². The molecule has 0 spiro atoms. The average Bonchev–Trinajstić information content (AvgIpc) is 2.99. The molecule has 0 heterocycles. The van der Waals surface area contributed by atoms with Gasteiger partial charge in [0.15, 0.2) is 0 Å². The van der Waals surface area contributed by atoms with Crippen molar-refractivity contribution < 1.29 is 0 Å². The predicted molar refractivity (Wildman–Crippen MR) is 62.7 cm³/mol. The maximum Gasteiger partial charge on any atom is 0.00682 e. The first kappa shape index (κ1) is 12.0. The van der Waals surface area contributed by atoms with Gasteiger partial charge in [-0.1, -0.05) is 19.8 Å². The van der Waals surface area contributed by atoms with Crippen LogP contribution in [-0.2, 0) is 0 Å². The van der Waals surface area contributed by atoms with Crippen molar-refractivity contribution in [2.45, 2.75) is 57.9 Å². The van der Waals surface area contributed by atoms with Crippen molar-refractivity contribution in [3.8, 4) is 0 Å². The summed E-state index contributed by atoms with van der Waals surface area (Å²) in [5.74, 6) is 0. The summed E-state index contributed by atoms with van der Waals surface area (Å²) in [4.78, 5) is 0. The van der Waals surface area contributed by atoms with Crippen LogP contribution in [0.25, 0.3) is 0 Å². The van der Waals surface area contributed by atoms with Gasteiger partial charge in [-0.2, -0.15) is 0 Å². The average molecular weight is 198 g/mol. The minimum absolute atomic E-state index is 0.890. The molecule has 2 N–H and O–H groups in total. The van der Waals surface area contributed by atoms with Crippen molar-refractivity contribution >= 4 is 0 Å². The van der Waals surface area contributed by atoms with E-state index in [1.165, 1.54) is 64.6 Å². The summed E-state index contributed by atoms with van der Waals surface area (Å²) in [5, 5.41) is 6.99. The largest absolute Gasteiger partial charge is 0.317 e. The van der Waals surface area contributed by atoms with Crippen LogP contribution in [0.5, 0.6) is 0 Å². The Kier molecular flexibility index (Phi) is 7.06. The Morgan fingerprint density at radius 1 is 0.929 bits per heavy atom. The second-order valence-electron chi connectivity index (χ2n) is 4.39. The molecule has 0 aromatic heterocycles. The van der Waals surface area contributed by atoms with Crippen molar-refractivity contribution in [1.82, 2.24) is 10.6 Å². The van der Waals surface area contributed by atoms with E-state index in [1.54, 1.807) is 0 Å². The number of unbranched alkanes of at least 4 members (excludes halogenated alkanes) is 3. The fourth-order valence-electron chi connectivity index (χ4n) is 1.62. The Morgan fingerprint density at radius 3 is 2.29 bits per heavy atom. The molecule has 0 amide bonds. The maximum absolute atomic E-state index is 3.55. The number of nitrogens with one attached hydrogen (secondary N) is 2. The van der Waals surface area contributed by atoms with Gasteiger partial charge in [0, 0.05) is 6.04 Å². The van der Waals surface area contributed by atoms with Gasteiger partial charge >= 0.3 is 0 Å². The van der Waals surface area contributed by atoms with Crippen molar-refractivity contribution in [3.63, 3.8) is 0 Å². The second-order valence-corrected chi connectivity index (χ2v) is 4.39. The molecule has 0 radical (unpaired) electrons. The van der Waals surface area contributed by atoms with E-state index in [0.717, 1.165) is 6.04 Å². The fourth-order valence-corrected chi connectivity index (χ4v) is 1.62. The molecular formula is C12H26N2. The lowest BCUT2D eigenvalue weighted by molar-refractivity contribution is 0.561. The molecule has 1 fully saturated rings. The Labute approximate surface area is 88.8 Å². The van der Waals surface area contributed by atoms with Crippen molar-refractivity contribution in [2.75, 3.05) is 19.6 Å². The third-order valence-electron chi connectivity index (χ3n) is 2.72. The quantitative estimate of drug-likeness (QED) is 0.526. The summed E-state index contributed by atoms with van der Waals surface area (Å²) < 4.78 is 0. The molecule has 1 saturated carbocycles. The molecule has 84 valence electrons. The molecule has 1 aliphatic rings. The zero-order chi connectivity index (χ0) is 10.1. The molecule has 2 heteroatoms. The maximum atomic E-state index is 3.55. The fraction of sp³-hybridized carbons (Fsp3) is 1.00. The highest BCUT2D eigenvalue weighted by Crippen LogP contribution is 2.18. The van der Waals surface area contributed by atoms with Crippen LogP contribution in [0.2, 0.25) is 0 Å². The van der Waals surface area contributed by atoms with Gasteiger partial charge in [0.2, 0.25) is 0 Å². The molecule has 0 aliphatic heterocycles. The molecule has 14 heavy (non-hydrogen) atoms. The molecule has 0 saturated heterocycles. The van der Waals surface area contributed by atoms with Crippen LogP contribution in [0.4, 0.5) is 0 Å². The van der Waals surface area contributed by atoms with Crippen LogP contribution in [0.15, 0.2) is 0 Å². The van der Waals surface area contributed by atoms with Gasteiger partial charge in [-0.3, -0.25) is 0 Å². The first-order chi connectivity index (χ1) is 6.93. The van der Waals surface area contributed by atoms with Crippen molar-refractivity contribution in [2.24, 2.45) is 0 Å². The van der Waals surface area contributed by atoms with Crippen LogP contribution >= 0.6 is 0 Å². The highest BCUT2D eigenvalue weighted by molar-refractivity contribution is 4.80. The van der Waals surface area contributed by atoms with Crippen molar-refractivity contribution in [3.05, 3.63) is 0 Å². The highest BCUT2D eigenvalue weighted by Gasteiger charge is 2.19. The molecule has 0 aromatic carbocycles. The Bertz CT molecular complexity index is 121. The molecule has 1 rings (SSSR count). The van der Waals surface area contributed by atoms with Crippen LogP contribution in [-0.4, -0.2) is 25.7 Å². The first-order valence-electron chi connectivity index (χ1n) is 6.37. The van der Waals surface area contributed by atoms with Crippen LogP contribution in [0, 0.1) is 0 Å². The summed E-state index contributed by atoms with van der Waals surface area (Å²) in [6.45, 7) is 5.86. The summed E-state index contributed by atoms with van der Waals surface area (Å²) >= 11 is 0. The van der Waals surface area contributed by atoms with E-state index < -0.39 is 0 Å². The molecule has 0 bridgehead atoms. The summed E-state index contributed by atoms with van der Waals surface area (Å²) in [7, 11) is 0. The van der Waals surface area contributed by atoms with E-state index in [9.17, 15) is 0 Å². The molecule has 0 aromatic rings. The van der Waals surface area contributed by atoms with Gasteiger partial charge in [0.1, 0.15) is 0 Å². The van der Waals surface area contributed by atoms with E-state index >= 15 is 0 Å². The number of rotatable bonds is 10. The van der Waals surface area contributed by atoms with E-state index in [1.807, 2.05) is 0 Å². The highest BCUT2D eigenvalue weighted by atomic mass is 14.9. The number of hydrogen-bond acceptors (Lipinski definition) is 2. The van der Waals surface area contributed by atoms with Crippen LogP contribution < -0.4 is 10.6 Å². The predicted octanol–water partition coefficient (Wildman–Crippen LogP) is 2.30. The van der Waals surface area contributed by atoms with Gasteiger partial charge in [-0.25, -0.2) is 0 Å². The molecule has 1 aliphatic carbocycles. The first-order valence-corrected chi connectivity index (χ1v) is 6.37. The van der Waals surface area contributed by atoms with E-state index in [2.05, 4.69) is 17.6 Å². The Balaban J connectivity index is 1.63. The summed E-state index contributed by atoms with van der Waals surface area (Å²) in [5.41, 5.74) is 0. The van der Waals surface area contributed by atoms with Crippen LogP contribution in [0.1, 0.15) is 51.9 Å². The normalized spacial score (nSPS) is 16.1. The second kappa shape index (κ2) is 8.25. The lowest BCUT2D eigenvalue weighted by Gasteiger charge is -2.04. The van der Waals surface area contributed by atoms with Gasteiger partial charge in [0.25, 0.3) is 0 Å². The monoisotopic (exact) mass is 198 g/mol. The van der Waals surface area contributed by atoms with E-state index in [0.29, 0.717) is 0 Å². The minimum atomic E-state index is 0.890. The van der Waals surface area contributed by atoms with Crippen molar-refractivity contribution in [1.29, 1.82) is 0 Å². The Morgan fingerprint density at radius 2 is 1.64 bits per heavy atom. The lowest BCUT2D eigenvalue weighted by atomic mass is 10.2. The van der Waals surface area contributed by atoms with Gasteiger partial charge in [-0.05, 0) is 51.7 Å². The number of hydrogen-bond donors (Lipinski definition) is 2. The minimum Gasteiger partial charge on any atom is -0.317 e. The molecule has 2 nitrogen and oxygen atoms in total. The Hall–Kier alpha value is -0.0800. The third-order valence-corrected chi connectivity index (χ3v) is 2.72. The third kappa shape index (κ3) is 7.34. The summed E-state index contributed by atoms with van der Waals surface area (Å²) in [6.07, 6.45) is 9.59. The van der Waals surface area contributed by atoms with E-state index in [4.69, 9.17) is 0 Å². The van der Waals surface area contributed by atoms with Crippen LogP contribution in [0.3, 0.4) is 0 Å².